The standard InChI is InChI=1S/C61H53N/c1-59(2,3)46-38-47(60(4,5)6)41-49(40-46)62(57-37-18-15-32-53(57)54-34-20-25-43-24-19-33-50(58(43)54)42-22-9-7-10-23-42)48-29-21-28-45(39-48)61(44-26-11-8-12-27-44)55-35-16-13-30-51(55)52-31-14-17-36-56(52)61/h7-41H,1-6H3. The third-order valence-electron chi connectivity index (χ3n) is 13.0. The van der Waals surface area contributed by atoms with Crippen LogP contribution in [0.15, 0.2) is 212 Å². The average Bonchev–Trinajstić information content (AvgIpc) is 3.60. The molecule has 0 aliphatic heterocycles. The maximum atomic E-state index is 2.54. The number of para-hydroxylation sites is 1. The molecule has 302 valence electrons. The lowest BCUT2D eigenvalue weighted by Gasteiger charge is -2.36. The second-order valence-corrected chi connectivity index (χ2v) is 19.0. The first-order chi connectivity index (χ1) is 30.0. The van der Waals surface area contributed by atoms with Crippen molar-refractivity contribution in [3.63, 3.8) is 0 Å². The number of benzene rings is 9. The summed E-state index contributed by atoms with van der Waals surface area (Å²) in [7, 11) is 0. The van der Waals surface area contributed by atoms with Gasteiger partial charge in [-0.05, 0) is 113 Å². The van der Waals surface area contributed by atoms with Crippen LogP contribution in [-0.4, -0.2) is 0 Å². The summed E-state index contributed by atoms with van der Waals surface area (Å²) in [6, 6.07) is 79.2. The molecule has 0 radical (unpaired) electrons. The maximum Gasteiger partial charge on any atom is 0.0714 e. The van der Waals surface area contributed by atoms with E-state index in [4.69, 9.17) is 0 Å². The predicted molar refractivity (Wildman–Crippen MR) is 264 cm³/mol. The van der Waals surface area contributed by atoms with Crippen LogP contribution in [0.25, 0.3) is 44.2 Å². The summed E-state index contributed by atoms with van der Waals surface area (Å²) in [5, 5.41) is 2.48. The number of anilines is 3. The fourth-order valence-electron chi connectivity index (χ4n) is 9.94. The zero-order chi connectivity index (χ0) is 42.6. The molecule has 0 aromatic heterocycles. The van der Waals surface area contributed by atoms with E-state index in [1.165, 1.54) is 77.5 Å². The molecule has 0 N–H and O–H groups in total. The van der Waals surface area contributed by atoms with Crippen molar-refractivity contribution in [2.75, 3.05) is 4.90 Å². The topological polar surface area (TPSA) is 3.24 Å². The monoisotopic (exact) mass is 799 g/mol. The van der Waals surface area contributed by atoms with E-state index in [1.54, 1.807) is 0 Å². The summed E-state index contributed by atoms with van der Waals surface area (Å²) in [4.78, 5) is 2.54. The van der Waals surface area contributed by atoms with E-state index in [-0.39, 0.29) is 10.8 Å². The van der Waals surface area contributed by atoms with Crippen LogP contribution in [-0.2, 0) is 16.2 Å². The quantitative estimate of drug-likeness (QED) is 0.155. The Balaban J connectivity index is 1.29. The Morgan fingerprint density at radius 2 is 0.839 bits per heavy atom. The molecule has 0 saturated heterocycles. The molecular weight excluding hydrogens is 747 g/mol. The predicted octanol–water partition coefficient (Wildman–Crippen LogP) is 16.6. The minimum absolute atomic E-state index is 0.0715. The lowest BCUT2D eigenvalue weighted by molar-refractivity contribution is 0.569. The van der Waals surface area contributed by atoms with Gasteiger partial charge in [-0.3, -0.25) is 0 Å². The molecule has 9 aromatic rings. The normalized spacial score (nSPS) is 13.1. The molecule has 9 aromatic carbocycles. The number of nitrogens with zero attached hydrogens (tertiary/aromatic N) is 1. The molecule has 0 atom stereocenters. The molecule has 0 bridgehead atoms. The smallest absolute Gasteiger partial charge is 0.0714 e. The third kappa shape index (κ3) is 6.55. The Hall–Kier alpha value is -6.96. The first kappa shape index (κ1) is 39.2. The van der Waals surface area contributed by atoms with Crippen molar-refractivity contribution < 1.29 is 0 Å². The van der Waals surface area contributed by atoms with Crippen LogP contribution < -0.4 is 4.90 Å². The Bertz CT molecular complexity index is 3000. The van der Waals surface area contributed by atoms with Crippen LogP contribution >= 0.6 is 0 Å². The Kier molecular flexibility index (Phi) is 9.60. The van der Waals surface area contributed by atoms with Gasteiger partial charge in [0.05, 0.1) is 11.1 Å². The van der Waals surface area contributed by atoms with Gasteiger partial charge < -0.3 is 4.90 Å². The highest BCUT2D eigenvalue weighted by Gasteiger charge is 2.46. The Morgan fingerprint density at radius 3 is 1.45 bits per heavy atom. The molecule has 0 amide bonds. The second-order valence-electron chi connectivity index (χ2n) is 19.0. The van der Waals surface area contributed by atoms with Gasteiger partial charge in [0.15, 0.2) is 0 Å². The van der Waals surface area contributed by atoms with Gasteiger partial charge in [0.1, 0.15) is 0 Å². The van der Waals surface area contributed by atoms with Crippen molar-refractivity contribution >= 4 is 27.8 Å². The fraction of sp³-hybridized carbons (Fsp3) is 0.148. The average molecular weight is 800 g/mol. The summed E-state index contributed by atoms with van der Waals surface area (Å²) in [6.07, 6.45) is 0. The zero-order valence-electron chi connectivity index (χ0n) is 36.7. The Labute approximate surface area is 368 Å². The highest BCUT2D eigenvalue weighted by atomic mass is 15.1. The molecule has 0 unspecified atom stereocenters. The van der Waals surface area contributed by atoms with Crippen LogP contribution in [0.1, 0.15) is 74.9 Å². The van der Waals surface area contributed by atoms with Gasteiger partial charge in [0.25, 0.3) is 0 Å². The third-order valence-corrected chi connectivity index (χ3v) is 13.0. The van der Waals surface area contributed by atoms with Crippen LogP contribution in [0.3, 0.4) is 0 Å². The first-order valence-electron chi connectivity index (χ1n) is 22.0. The van der Waals surface area contributed by atoms with Crippen molar-refractivity contribution in [3.05, 3.63) is 246 Å². The van der Waals surface area contributed by atoms with Gasteiger partial charge in [0.2, 0.25) is 0 Å². The lowest BCUT2D eigenvalue weighted by atomic mass is 9.67. The van der Waals surface area contributed by atoms with Crippen molar-refractivity contribution in [1.82, 2.24) is 0 Å². The van der Waals surface area contributed by atoms with E-state index in [0.717, 1.165) is 17.1 Å². The van der Waals surface area contributed by atoms with Crippen LogP contribution in [0.5, 0.6) is 0 Å². The van der Waals surface area contributed by atoms with Gasteiger partial charge in [-0.25, -0.2) is 0 Å². The highest BCUT2D eigenvalue weighted by Crippen LogP contribution is 2.57. The SMILES string of the molecule is CC(C)(C)c1cc(N(c2cccc(C3(c4ccccc4)c4ccccc4-c4ccccc43)c2)c2ccccc2-c2cccc3cccc(-c4ccccc4)c23)cc(C(C)(C)C)c1. The van der Waals surface area contributed by atoms with Crippen LogP contribution in [0.4, 0.5) is 17.1 Å². The summed E-state index contributed by atoms with van der Waals surface area (Å²) < 4.78 is 0. The van der Waals surface area contributed by atoms with E-state index >= 15 is 0 Å². The minimum Gasteiger partial charge on any atom is -0.310 e. The van der Waals surface area contributed by atoms with Crippen molar-refractivity contribution in [2.45, 2.75) is 57.8 Å². The largest absolute Gasteiger partial charge is 0.310 e. The molecule has 0 saturated carbocycles. The Morgan fingerprint density at radius 1 is 0.355 bits per heavy atom. The van der Waals surface area contributed by atoms with E-state index < -0.39 is 5.41 Å². The van der Waals surface area contributed by atoms with Gasteiger partial charge in [-0.15, -0.1) is 0 Å². The number of rotatable bonds is 7. The fourth-order valence-corrected chi connectivity index (χ4v) is 9.94. The summed E-state index contributed by atoms with van der Waals surface area (Å²) >= 11 is 0. The molecule has 1 nitrogen and oxygen atoms in total. The van der Waals surface area contributed by atoms with Crippen molar-refractivity contribution in [3.8, 4) is 33.4 Å². The second kappa shape index (κ2) is 15.2. The van der Waals surface area contributed by atoms with E-state index in [0.29, 0.717) is 0 Å². The molecule has 10 rings (SSSR count). The molecular formula is C61H53N. The zero-order valence-corrected chi connectivity index (χ0v) is 36.7. The highest BCUT2D eigenvalue weighted by molar-refractivity contribution is 6.08. The molecule has 0 fully saturated rings. The van der Waals surface area contributed by atoms with Crippen molar-refractivity contribution in [2.24, 2.45) is 0 Å². The first-order valence-corrected chi connectivity index (χ1v) is 22.0. The van der Waals surface area contributed by atoms with Gasteiger partial charge in [0, 0.05) is 16.9 Å². The lowest BCUT2D eigenvalue weighted by Crippen LogP contribution is -2.29. The van der Waals surface area contributed by atoms with Gasteiger partial charge in [-0.2, -0.15) is 0 Å². The van der Waals surface area contributed by atoms with E-state index in [1.807, 2.05) is 0 Å². The van der Waals surface area contributed by atoms with E-state index in [9.17, 15) is 0 Å². The summed E-state index contributed by atoms with van der Waals surface area (Å²) in [5.74, 6) is 0. The number of hydrogen-bond donors (Lipinski definition) is 0. The van der Waals surface area contributed by atoms with Gasteiger partial charge >= 0.3 is 0 Å². The van der Waals surface area contributed by atoms with Crippen LogP contribution in [0.2, 0.25) is 0 Å². The van der Waals surface area contributed by atoms with E-state index in [2.05, 4.69) is 259 Å². The number of fused-ring (bicyclic) bond motifs is 4. The molecule has 62 heavy (non-hydrogen) atoms. The van der Waals surface area contributed by atoms with Gasteiger partial charge in [-0.1, -0.05) is 224 Å². The van der Waals surface area contributed by atoms with Crippen LogP contribution in [0, 0.1) is 0 Å². The molecule has 1 aliphatic rings. The summed E-state index contributed by atoms with van der Waals surface area (Å²) in [6.45, 7) is 14.0. The van der Waals surface area contributed by atoms with Crippen molar-refractivity contribution in [1.29, 1.82) is 0 Å². The number of hydrogen-bond acceptors (Lipinski definition) is 1. The molecule has 0 spiro atoms. The maximum absolute atomic E-state index is 2.54. The summed E-state index contributed by atoms with van der Waals surface area (Å²) in [5.41, 5.74) is 17.9. The molecule has 1 heteroatoms. The molecule has 1 aliphatic carbocycles. The molecule has 0 heterocycles. The minimum atomic E-state index is -0.528.